The van der Waals surface area contributed by atoms with Gasteiger partial charge in [0.25, 0.3) is 0 Å². The smallest absolute Gasteiger partial charge is 0.363 e. The summed E-state index contributed by atoms with van der Waals surface area (Å²) in [6.45, 7) is 3.27. The van der Waals surface area contributed by atoms with Crippen LogP contribution in [0.4, 0.5) is 0 Å². The van der Waals surface area contributed by atoms with Gasteiger partial charge >= 0.3 is 5.97 Å². The summed E-state index contributed by atoms with van der Waals surface area (Å²) in [6.07, 6.45) is 0. The highest BCUT2D eigenvalue weighted by atomic mass is 32.1. The Labute approximate surface area is 120 Å². The van der Waals surface area contributed by atoms with Gasteiger partial charge in [-0.05, 0) is 32.0 Å². The molecule has 0 fully saturated rings. The lowest BCUT2D eigenvalue weighted by Crippen LogP contribution is -2.10. The van der Waals surface area contributed by atoms with E-state index in [1.807, 2.05) is 6.92 Å². The summed E-state index contributed by atoms with van der Waals surface area (Å²) in [5.41, 5.74) is 0.747. The van der Waals surface area contributed by atoms with E-state index in [0.717, 1.165) is 5.01 Å². The van der Waals surface area contributed by atoms with E-state index in [1.54, 1.807) is 11.4 Å². The topological polar surface area (TPSA) is 65.5 Å². The standard InChI is InChI=1S/C14H13NO4S/c1-8(16)10-4-5-12(13(6-10)18-3)19-14(17)11-7-20-9(2)15-11/h4-7H,1-3H3. The molecule has 5 nitrogen and oxygen atoms in total. The number of rotatable bonds is 4. The van der Waals surface area contributed by atoms with Crippen LogP contribution in [-0.2, 0) is 0 Å². The molecule has 0 aliphatic heterocycles. The number of benzene rings is 1. The fourth-order valence-electron chi connectivity index (χ4n) is 1.58. The van der Waals surface area contributed by atoms with E-state index in [4.69, 9.17) is 9.47 Å². The summed E-state index contributed by atoms with van der Waals surface area (Å²) in [5, 5.41) is 2.42. The van der Waals surface area contributed by atoms with Gasteiger partial charge in [-0.15, -0.1) is 11.3 Å². The number of carbonyl (C=O) groups is 2. The normalized spacial score (nSPS) is 10.2. The number of aryl methyl sites for hydroxylation is 1. The minimum Gasteiger partial charge on any atom is -0.493 e. The highest BCUT2D eigenvalue weighted by Crippen LogP contribution is 2.29. The number of esters is 1. The molecule has 0 atom stereocenters. The highest BCUT2D eigenvalue weighted by Gasteiger charge is 2.16. The molecular formula is C14H13NO4S. The Morgan fingerprint density at radius 1 is 1.25 bits per heavy atom. The molecule has 1 aromatic heterocycles. The van der Waals surface area contributed by atoms with Gasteiger partial charge in [-0.2, -0.15) is 0 Å². The number of nitrogens with zero attached hydrogens (tertiary/aromatic N) is 1. The largest absolute Gasteiger partial charge is 0.493 e. The molecule has 0 saturated carbocycles. The monoisotopic (exact) mass is 291 g/mol. The lowest BCUT2D eigenvalue weighted by Gasteiger charge is -2.09. The molecule has 0 aliphatic rings. The molecule has 0 N–H and O–H groups in total. The minimum absolute atomic E-state index is 0.0868. The van der Waals surface area contributed by atoms with Gasteiger partial charge in [-0.25, -0.2) is 9.78 Å². The van der Waals surface area contributed by atoms with Crippen LogP contribution in [0, 0.1) is 6.92 Å². The van der Waals surface area contributed by atoms with Gasteiger partial charge in [0.15, 0.2) is 23.0 Å². The molecule has 0 unspecified atom stereocenters. The lowest BCUT2D eigenvalue weighted by molar-refractivity contribution is 0.0724. The molecule has 0 radical (unpaired) electrons. The van der Waals surface area contributed by atoms with E-state index in [2.05, 4.69) is 4.98 Å². The maximum atomic E-state index is 11.9. The van der Waals surface area contributed by atoms with E-state index in [1.165, 1.54) is 37.5 Å². The fourth-order valence-corrected chi connectivity index (χ4v) is 2.16. The second-order valence-corrected chi connectivity index (χ2v) is 5.13. The Hall–Kier alpha value is -2.21. The van der Waals surface area contributed by atoms with Crippen LogP contribution in [0.15, 0.2) is 23.6 Å². The van der Waals surface area contributed by atoms with Gasteiger partial charge in [-0.3, -0.25) is 4.79 Å². The van der Waals surface area contributed by atoms with Gasteiger partial charge in [0.1, 0.15) is 0 Å². The van der Waals surface area contributed by atoms with Crippen molar-refractivity contribution in [3.63, 3.8) is 0 Å². The van der Waals surface area contributed by atoms with Crippen LogP contribution in [0.2, 0.25) is 0 Å². The lowest BCUT2D eigenvalue weighted by atomic mass is 10.1. The third kappa shape index (κ3) is 3.03. The van der Waals surface area contributed by atoms with E-state index >= 15 is 0 Å². The van der Waals surface area contributed by atoms with Crippen molar-refractivity contribution >= 4 is 23.1 Å². The quantitative estimate of drug-likeness (QED) is 0.492. The van der Waals surface area contributed by atoms with Crippen molar-refractivity contribution in [2.45, 2.75) is 13.8 Å². The van der Waals surface area contributed by atoms with Crippen LogP contribution < -0.4 is 9.47 Å². The van der Waals surface area contributed by atoms with E-state index in [-0.39, 0.29) is 17.2 Å². The number of hydrogen-bond donors (Lipinski definition) is 0. The summed E-state index contributed by atoms with van der Waals surface area (Å²) in [7, 11) is 1.45. The van der Waals surface area contributed by atoms with Crippen LogP contribution in [-0.4, -0.2) is 23.8 Å². The number of methoxy groups -OCH3 is 1. The van der Waals surface area contributed by atoms with Crippen molar-refractivity contribution in [3.8, 4) is 11.5 Å². The molecule has 0 bridgehead atoms. The number of ether oxygens (including phenoxy) is 2. The number of thiazole rings is 1. The van der Waals surface area contributed by atoms with Crippen LogP contribution in [0.5, 0.6) is 11.5 Å². The van der Waals surface area contributed by atoms with Gasteiger partial charge < -0.3 is 9.47 Å². The van der Waals surface area contributed by atoms with Crippen molar-refractivity contribution in [2.24, 2.45) is 0 Å². The molecule has 104 valence electrons. The molecule has 2 aromatic rings. The third-order valence-corrected chi connectivity index (χ3v) is 3.37. The molecule has 0 spiro atoms. The zero-order valence-corrected chi connectivity index (χ0v) is 12.1. The van der Waals surface area contributed by atoms with Crippen molar-refractivity contribution in [3.05, 3.63) is 39.8 Å². The number of Topliss-reactive ketones (excluding diaryl/α,β-unsaturated/α-hetero) is 1. The Morgan fingerprint density at radius 2 is 2.00 bits per heavy atom. The Morgan fingerprint density at radius 3 is 2.55 bits per heavy atom. The maximum absolute atomic E-state index is 11.9. The summed E-state index contributed by atoms with van der Waals surface area (Å²) in [4.78, 5) is 27.3. The summed E-state index contributed by atoms with van der Waals surface area (Å²) in [5.74, 6) is -0.0503. The van der Waals surface area contributed by atoms with Gasteiger partial charge in [0, 0.05) is 10.9 Å². The predicted octanol–water partition coefficient (Wildman–Crippen LogP) is 2.88. The molecule has 0 aliphatic carbocycles. The zero-order chi connectivity index (χ0) is 14.7. The molecule has 20 heavy (non-hydrogen) atoms. The van der Waals surface area contributed by atoms with Crippen LogP contribution in [0.3, 0.4) is 0 Å². The van der Waals surface area contributed by atoms with Gasteiger partial charge in [-0.1, -0.05) is 0 Å². The van der Waals surface area contributed by atoms with Gasteiger partial charge in [0.2, 0.25) is 0 Å². The van der Waals surface area contributed by atoms with Crippen molar-refractivity contribution < 1.29 is 19.1 Å². The van der Waals surface area contributed by atoms with Crippen molar-refractivity contribution in [1.29, 1.82) is 0 Å². The molecule has 0 saturated heterocycles. The first-order valence-corrected chi connectivity index (χ1v) is 6.72. The fraction of sp³-hybridized carbons (Fsp3) is 0.214. The van der Waals surface area contributed by atoms with E-state index in [9.17, 15) is 9.59 Å². The van der Waals surface area contributed by atoms with Crippen molar-refractivity contribution in [2.75, 3.05) is 7.11 Å². The number of ketones is 1. The highest BCUT2D eigenvalue weighted by molar-refractivity contribution is 7.09. The van der Waals surface area contributed by atoms with E-state index < -0.39 is 5.97 Å². The van der Waals surface area contributed by atoms with E-state index in [0.29, 0.717) is 11.3 Å². The molecule has 0 amide bonds. The average molecular weight is 291 g/mol. The van der Waals surface area contributed by atoms with Crippen LogP contribution >= 0.6 is 11.3 Å². The number of carbonyl (C=O) groups excluding carboxylic acids is 2. The molecular weight excluding hydrogens is 278 g/mol. The summed E-state index contributed by atoms with van der Waals surface area (Å²) >= 11 is 1.37. The minimum atomic E-state index is -0.553. The molecule has 1 heterocycles. The van der Waals surface area contributed by atoms with Crippen LogP contribution in [0.25, 0.3) is 0 Å². The Bertz CT molecular complexity index is 663. The Balaban J connectivity index is 2.25. The first kappa shape index (κ1) is 14.2. The average Bonchev–Trinajstić information content (AvgIpc) is 2.85. The summed E-state index contributed by atoms with van der Waals surface area (Å²) in [6, 6.07) is 4.66. The summed E-state index contributed by atoms with van der Waals surface area (Å²) < 4.78 is 10.4. The third-order valence-electron chi connectivity index (χ3n) is 2.60. The zero-order valence-electron chi connectivity index (χ0n) is 11.3. The number of aromatic nitrogens is 1. The van der Waals surface area contributed by atoms with Gasteiger partial charge in [0.05, 0.1) is 12.1 Å². The number of hydrogen-bond acceptors (Lipinski definition) is 6. The molecule has 6 heteroatoms. The van der Waals surface area contributed by atoms with Crippen molar-refractivity contribution in [1.82, 2.24) is 4.98 Å². The first-order chi connectivity index (χ1) is 9.51. The second-order valence-electron chi connectivity index (χ2n) is 4.06. The SMILES string of the molecule is COc1cc(C(C)=O)ccc1OC(=O)c1csc(C)n1. The molecule has 1 aromatic carbocycles. The predicted molar refractivity (Wildman–Crippen MR) is 74.8 cm³/mol. The second kappa shape index (κ2) is 5.83. The maximum Gasteiger partial charge on any atom is 0.363 e. The first-order valence-electron chi connectivity index (χ1n) is 5.84. The molecule has 2 rings (SSSR count). The Kier molecular flexibility index (Phi) is 4.14. The van der Waals surface area contributed by atoms with Crippen LogP contribution in [0.1, 0.15) is 32.8 Å².